The highest BCUT2D eigenvalue weighted by molar-refractivity contribution is 5.93. The Morgan fingerprint density at radius 2 is 1.56 bits per heavy atom. The van der Waals surface area contributed by atoms with Crippen LogP contribution >= 0.6 is 0 Å². The van der Waals surface area contributed by atoms with Gasteiger partial charge < -0.3 is 43.6 Å². The molecule has 0 saturated carbocycles. The van der Waals surface area contributed by atoms with E-state index in [-0.39, 0.29) is 42.5 Å². The van der Waals surface area contributed by atoms with Gasteiger partial charge in [-0.3, -0.25) is 9.59 Å². The van der Waals surface area contributed by atoms with Crippen LogP contribution in [0.3, 0.4) is 0 Å². The van der Waals surface area contributed by atoms with Crippen molar-refractivity contribution in [3.63, 3.8) is 0 Å². The van der Waals surface area contributed by atoms with Crippen LogP contribution in [0.2, 0.25) is 0 Å². The minimum atomic E-state index is -0.650. The Morgan fingerprint density at radius 1 is 0.884 bits per heavy atom. The zero-order valence-corrected chi connectivity index (χ0v) is 24.0. The molecule has 3 aliphatic rings. The van der Waals surface area contributed by atoms with E-state index in [0.717, 1.165) is 11.1 Å². The van der Waals surface area contributed by atoms with Gasteiger partial charge in [0.1, 0.15) is 11.5 Å². The monoisotopic (exact) mass is 589 g/mol. The van der Waals surface area contributed by atoms with Crippen molar-refractivity contribution >= 4 is 18.0 Å². The van der Waals surface area contributed by atoms with Crippen LogP contribution in [0.15, 0.2) is 48.5 Å². The first-order chi connectivity index (χ1) is 20.9. The third kappa shape index (κ3) is 4.90. The number of methoxy groups -OCH3 is 4. The Bertz CT molecular complexity index is 1590. The van der Waals surface area contributed by atoms with Crippen molar-refractivity contribution in [3.05, 3.63) is 70.8 Å². The molecular formula is C32H31NO10. The van der Waals surface area contributed by atoms with E-state index in [1.807, 2.05) is 12.1 Å². The number of aromatic hydroxyl groups is 1. The topological polar surface area (TPSA) is 131 Å². The Balaban J connectivity index is 1.41. The van der Waals surface area contributed by atoms with Crippen LogP contribution < -0.4 is 33.7 Å². The SMILES string of the molecule is COc1ccc(/C=C/C(=O)N[C@@H]2c3cc4c(cc3[C@@H](c3cc(OC)c(O)c(OC)c3)[C@H]3C(=O)OC[C@@H]32)OCO4)c(OC)c1. The molecule has 1 aliphatic carbocycles. The maximum atomic E-state index is 13.4. The van der Waals surface area contributed by atoms with Gasteiger partial charge in [-0.25, -0.2) is 0 Å². The summed E-state index contributed by atoms with van der Waals surface area (Å²) in [4.78, 5) is 26.7. The van der Waals surface area contributed by atoms with E-state index < -0.39 is 23.8 Å². The standard InChI is InChI=1S/C32H31NO10/c1-37-18-7-5-16(22(11-18)38-2)6-8-27(34)33-30-20-13-24-23(42-15-43-24)12-19(20)28(29-21(30)14-41-32(29)36)17-9-25(39-3)31(35)26(10-17)40-4/h5-13,21,28-30,35H,14-15H2,1-4H3,(H,33,34)/b8-6+/t21-,28+,29-,30+/m0/s1. The second-order valence-corrected chi connectivity index (χ2v) is 10.3. The number of benzene rings is 3. The van der Waals surface area contributed by atoms with Crippen LogP contribution in [0.4, 0.5) is 0 Å². The molecule has 11 nitrogen and oxygen atoms in total. The molecular weight excluding hydrogens is 558 g/mol. The number of cyclic esters (lactones) is 1. The molecule has 6 rings (SSSR count). The predicted octanol–water partition coefficient (Wildman–Crippen LogP) is 3.96. The van der Waals surface area contributed by atoms with Crippen molar-refractivity contribution in [2.75, 3.05) is 41.8 Å². The summed E-state index contributed by atoms with van der Waals surface area (Å²) >= 11 is 0. The van der Waals surface area contributed by atoms with E-state index in [1.165, 1.54) is 20.3 Å². The normalized spacial score (nSPS) is 21.5. The number of phenols is 1. The Kier molecular flexibility index (Phi) is 7.39. The van der Waals surface area contributed by atoms with E-state index in [0.29, 0.717) is 34.1 Å². The number of ether oxygens (including phenoxy) is 7. The van der Waals surface area contributed by atoms with Crippen LogP contribution in [0, 0.1) is 11.8 Å². The molecule has 1 saturated heterocycles. The van der Waals surface area contributed by atoms with Crippen LogP contribution in [0.1, 0.15) is 34.2 Å². The smallest absolute Gasteiger partial charge is 0.310 e. The minimum Gasteiger partial charge on any atom is -0.502 e. The summed E-state index contributed by atoms with van der Waals surface area (Å²) in [6, 6.07) is 11.8. The molecule has 11 heteroatoms. The molecule has 4 atom stereocenters. The summed E-state index contributed by atoms with van der Waals surface area (Å²) in [6.07, 6.45) is 3.08. The maximum Gasteiger partial charge on any atom is 0.310 e. The Hall–Kier alpha value is -5.06. The average Bonchev–Trinajstić information content (AvgIpc) is 3.65. The van der Waals surface area contributed by atoms with Gasteiger partial charge in [0.05, 0.1) is 47.0 Å². The summed E-state index contributed by atoms with van der Waals surface area (Å²) in [5.41, 5.74) is 2.89. The molecule has 43 heavy (non-hydrogen) atoms. The fourth-order valence-electron chi connectivity index (χ4n) is 6.16. The lowest BCUT2D eigenvalue weighted by atomic mass is 9.65. The molecule has 224 valence electrons. The second-order valence-electron chi connectivity index (χ2n) is 10.3. The molecule has 1 amide bonds. The molecule has 2 heterocycles. The molecule has 0 spiro atoms. The first-order valence-corrected chi connectivity index (χ1v) is 13.6. The summed E-state index contributed by atoms with van der Waals surface area (Å²) in [6.45, 7) is 0.170. The van der Waals surface area contributed by atoms with Crippen molar-refractivity contribution in [1.82, 2.24) is 5.32 Å². The number of hydrogen-bond acceptors (Lipinski definition) is 10. The first-order valence-electron chi connectivity index (χ1n) is 13.6. The number of nitrogens with one attached hydrogen (secondary N) is 1. The summed E-state index contributed by atoms with van der Waals surface area (Å²) in [5.74, 6) is 0.199. The molecule has 3 aromatic rings. The largest absolute Gasteiger partial charge is 0.502 e. The number of hydrogen-bond donors (Lipinski definition) is 2. The average molecular weight is 590 g/mol. The van der Waals surface area contributed by atoms with E-state index in [2.05, 4.69) is 5.32 Å². The fourth-order valence-corrected chi connectivity index (χ4v) is 6.16. The molecule has 0 aromatic heterocycles. The van der Waals surface area contributed by atoms with Gasteiger partial charge >= 0.3 is 5.97 Å². The van der Waals surface area contributed by atoms with Gasteiger partial charge in [0.15, 0.2) is 23.0 Å². The van der Waals surface area contributed by atoms with Crippen molar-refractivity contribution < 1.29 is 47.9 Å². The summed E-state index contributed by atoms with van der Waals surface area (Å²) in [5, 5.41) is 13.7. The van der Waals surface area contributed by atoms with Crippen LogP contribution in [0.5, 0.6) is 40.2 Å². The number of phenolic OH excluding ortho intramolecular Hbond substituents is 1. The van der Waals surface area contributed by atoms with E-state index >= 15 is 0 Å². The Labute approximate surface area is 247 Å². The second kappa shape index (κ2) is 11.3. The lowest BCUT2D eigenvalue weighted by Gasteiger charge is -2.39. The third-order valence-electron chi connectivity index (χ3n) is 8.20. The van der Waals surface area contributed by atoms with Crippen molar-refractivity contribution in [1.29, 1.82) is 0 Å². The zero-order chi connectivity index (χ0) is 30.2. The lowest BCUT2D eigenvalue weighted by Crippen LogP contribution is -2.42. The van der Waals surface area contributed by atoms with E-state index in [4.69, 9.17) is 33.2 Å². The Morgan fingerprint density at radius 3 is 2.21 bits per heavy atom. The number of fused-ring (bicyclic) bond motifs is 3. The van der Waals surface area contributed by atoms with Gasteiger partial charge in [0.2, 0.25) is 18.4 Å². The highest BCUT2D eigenvalue weighted by Gasteiger charge is 2.53. The minimum absolute atomic E-state index is 0.0576. The molecule has 0 radical (unpaired) electrons. The van der Waals surface area contributed by atoms with Crippen molar-refractivity contribution in [3.8, 4) is 40.2 Å². The highest BCUT2D eigenvalue weighted by Crippen LogP contribution is 2.55. The van der Waals surface area contributed by atoms with Crippen molar-refractivity contribution in [2.24, 2.45) is 11.8 Å². The lowest BCUT2D eigenvalue weighted by molar-refractivity contribution is -0.141. The molecule has 0 unspecified atom stereocenters. The van der Waals surface area contributed by atoms with E-state index in [1.54, 1.807) is 50.6 Å². The van der Waals surface area contributed by atoms with E-state index in [9.17, 15) is 14.7 Å². The van der Waals surface area contributed by atoms with Gasteiger partial charge in [0.25, 0.3) is 0 Å². The van der Waals surface area contributed by atoms with Crippen LogP contribution in [0.25, 0.3) is 6.08 Å². The molecule has 1 fully saturated rings. The fraction of sp³-hybridized carbons (Fsp3) is 0.312. The van der Waals surface area contributed by atoms with Gasteiger partial charge in [-0.2, -0.15) is 0 Å². The van der Waals surface area contributed by atoms with Crippen LogP contribution in [-0.2, 0) is 14.3 Å². The van der Waals surface area contributed by atoms with Gasteiger partial charge in [-0.15, -0.1) is 0 Å². The molecule has 0 bridgehead atoms. The number of amides is 1. The predicted molar refractivity (Wildman–Crippen MR) is 153 cm³/mol. The number of carbonyl (C=O) groups excluding carboxylic acids is 2. The molecule has 2 aliphatic heterocycles. The number of carbonyl (C=O) groups is 2. The highest BCUT2D eigenvalue weighted by atomic mass is 16.7. The first kappa shape index (κ1) is 28.1. The molecule has 3 aromatic carbocycles. The number of esters is 1. The number of rotatable bonds is 8. The quantitative estimate of drug-likeness (QED) is 0.294. The van der Waals surface area contributed by atoms with Gasteiger partial charge in [-0.05, 0) is 59.2 Å². The van der Waals surface area contributed by atoms with Gasteiger partial charge in [-0.1, -0.05) is 0 Å². The third-order valence-corrected chi connectivity index (χ3v) is 8.20. The summed E-state index contributed by atoms with van der Waals surface area (Å²) < 4.78 is 38.5. The van der Waals surface area contributed by atoms with Crippen LogP contribution in [-0.4, -0.2) is 58.8 Å². The zero-order valence-electron chi connectivity index (χ0n) is 24.0. The van der Waals surface area contributed by atoms with Gasteiger partial charge in [0, 0.05) is 29.5 Å². The molecule has 2 N–H and O–H groups in total. The maximum absolute atomic E-state index is 13.4. The summed E-state index contributed by atoms with van der Waals surface area (Å²) in [7, 11) is 6.00. The van der Waals surface area contributed by atoms with Crippen molar-refractivity contribution in [2.45, 2.75) is 12.0 Å².